The monoisotopic (exact) mass is 310 g/mol. The van der Waals surface area contributed by atoms with E-state index >= 15 is 0 Å². The smallest absolute Gasteiger partial charge is 0.174 e. The first-order chi connectivity index (χ1) is 11.1. The highest BCUT2D eigenvalue weighted by Gasteiger charge is 2.63. The van der Waals surface area contributed by atoms with Crippen molar-refractivity contribution < 1.29 is 9.47 Å². The van der Waals surface area contributed by atoms with Crippen LogP contribution < -0.4 is 0 Å². The number of allylic oxidation sites excluding steroid dienone is 2. The molecule has 0 aromatic heterocycles. The standard InChI is InChI=1S/C21H26O2/c1-14-3-5-16-15(13-14)4-6-18-17(16)7-9-20(2)19(18)8-10-21(20)22-11-12-23-21/h3,5,7,13,18-19H,4,6,8-12H2,1-2H3/t18-,19+,20+/m1/s1. The summed E-state index contributed by atoms with van der Waals surface area (Å²) in [6.45, 7) is 6.17. The van der Waals surface area contributed by atoms with Gasteiger partial charge in [0, 0.05) is 11.8 Å². The van der Waals surface area contributed by atoms with Crippen molar-refractivity contribution in [2.75, 3.05) is 13.2 Å². The number of aryl methyl sites for hydroxylation is 2. The lowest BCUT2D eigenvalue weighted by Gasteiger charge is -2.49. The minimum Gasteiger partial charge on any atom is -0.347 e. The van der Waals surface area contributed by atoms with E-state index < -0.39 is 0 Å². The molecule has 0 radical (unpaired) electrons. The number of benzene rings is 1. The molecule has 2 nitrogen and oxygen atoms in total. The van der Waals surface area contributed by atoms with Crippen LogP contribution in [0.15, 0.2) is 24.3 Å². The molecule has 23 heavy (non-hydrogen) atoms. The van der Waals surface area contributed by atoms with Crippen LogP contribution in [-0.2, 0) is 15.9 Å². The van der Waals surface area contributed by atoms with Gasteiger partial charge in [-0.3, -0.25) is 0 Å². The van der Waals surface area contributed by atoms with Gasteiger partial charge < -0.3 is 9.47 Å². The van der Waals surface area contributed by atoms with E-state index in [1.54, 1.807) is 11.1 Å². The number of fused-ring (bicyclic) bond motifs is 6. The van der Waals surface area contributed by atoms with Crippen molar-refractivity contribution in [3.63, 3.8) is 0 Å². The Labute approximate surface area is 138 Å². The average molecular weight is 310 g/mol. The van der Waals surface area contributed by atoms with Crippen molar-refractivity contribution >= 4 is 5.57 Å². The number of hydrogen-bond acceptors (Lipinski definition) is 2. The molecular weight excluding hydrogens is 284 g/mol. The second kappa shape index (κ2) is 4.70. The van der Waals surface area contributed by atoms with E-state index in [-0.39, 0.29) is 11.2 Å². The molecule has 3 atom stereocenters. The molecule has 122 valence electrons. The number of hydrogen-bond donors (Lipinski definition) is 0. The van der Waals surface area contributed by atoms with Gasteiger partial charge in [0.25, 0.3) is 0 Å². The topological polar surface area (TPSA) is 18.5 Å². The van der Waals surface area contributed by atoms with Gasteiger partial charge in [0.15, 0.2) is 5.79 Å². The first-order valence-corrected chi connectivity index (χ1v) is 9.21. The first-order valence-electron chi connectivity index (χ1n) is 9.21. The van der Waals surface area contributed by atoms with E-state index in [9.17, 15) is 0 Å². The molecular formula is C21H26O2. The molecule has 1 aromatic carbocycles. The van der Waals surface area contributed by atoms with Crippen LogP contribution in [0.1, 0.15) is 49.3 Å². The summed E-state index contributed by atoms with van der Waals surface area (Å²) in [7, 11) is 0. The maximum atomic E-state index is 6.19. The normalized spacial score (nSPS) is 37.2. The van der Waals surface area contributed by atoms with E-state index in [2.05, 4.69) is 38.1 Å². The molecule has 2 heteroatoms. The predicted molar refractivity (Wildman–Crippen MR) is 91.1 cm³/mol. The minimum absolute atomic E-state index is 0.153. The molecule has 1 heterocycles. The summed E-state index contributed by atoms with van der Waals surface area (Å²) in [5.74, 6) is 1.10. The Kier molecular flexibility index (Phi) is 2.91. The zero-order chi connectivity index (χ0) is 15.7. The molecule has 1 aromatic rings. The Morgan fingerprint density at radius 1 is 1.13 bits per heavy atom. The largest absolute Gasteiger partial charge is 0.347 e. The van der Waals surface area contributed by atoms with Crippen LogP contribution in [0.2, 0.25) is 0 Å². The van der Waals surface area contributed by atoms with Crippen LogP contribution in [0.3, 0.4) is 0 Å². The molecule has 0 bridgehead atoms. The summed E-state index contributed by atoms with van der Waals surface area (Å²) in [6, 6.07) is 7.02. The molecule has 4 aliphatic rings. The summed E-state index contributed by atoms with van der Waals surface area (Å²) < 4.78 is 12.4. The van der Waals surface area contributed by atoms with Gasteiger partial charge >= 0.3 is 0 Å². The Morgan fingerprint density at radius 3 is 2.78 bits per heavy atom. The van der Waals surface area contributed by atoms with E-state index in [0.717, 1.165) is 26.1 Å². The van der Waals surface area contributed by atoms with E-state index in [1.807, 2.05) is 0 Å². The average Bonchev–Trinajstić information content (AvgIpc) is 3.14. The predicted octanol–water partition coefficient (Wildman–Crippen LogP) is 4.50. The lowest BCUT2D eigenvalue weighted by Crippen LogP contribution is -2.49. The third kappa shape index (κ3) is 1.77. The SMILES string of the molecule is Cc1ccc2c(c1)CC[C@@H]1C2=CC[C@@]2(C)[C@H]1CCC21OCCO1. The van der Waals surface area contributed by atoms with Gasteiger partial charge in [-0.15, -0.1) is 0 Å². The molecule has 0 N–H and O–H groups in total. The Hall–Kier alpha value is -1.12. The summed E-state index contributed by atoms with van der Waals surface area (Å²) >= 11 is 0. The van der Waals surface area contributed by atoms with Crippen LogP contribution >= 0.6 is 0 Å². The second-order valence-corrected chi connectivity index (χ2v) is 8.18. The number of rotatable bonds is 0. The molecule has 2 fully saturated rings. The van der Waals surface area contributed by atoms with E-state index in [1.165, 1.54) is 30.4 Å². The zero-order valence-corrected chi connectivity index (χ0v) is 14.2. The maximum Gasteiger partial charge on any atom is 0.174 e. The fraction of sp³-hybridized carbons (Fsp3) is 0.619. The zero-order valence-electron chi connectivity index (χ0n) is 14.2. The van der Waals surface area contributed by atoms with Gasteiger partial charge in [-0.2, -0.15) is 0 Å². The van der Waals surface area contributed by atoms with Gasteiger partial charge in [0.05, 0.1) is 13.2 Å². The molecule has 1 spiro atoms. The summed E-state index contributed by atoms with van der Waals surface area (Å²) in [4.78, 5) is 0. The molecule has 1 saturated heterocycles. The van der Waals surface area contributed by atoms with Crippen LogP contribution in [0.25, 0.3) is 5.57 Å². The molecule has 3 aliphatic carbocycles. The van der Waals surface area contributed by atoms with Crippen molar-refractivity contribution in [1.29, 1.82) is 0 Å². The summed E-state index contributed by atoms with van der Waals surface area (Å²) in [6.07, 6.45) is 8.45. The van der Waals surface area contributed by atoms with Gasteiger partial charge in [-0.05, 0) is 61.1 Å². The van der Waals surface area contributed by atoms with Crippen molar-refractivity contribution in [1.82, 2.24) is 0 Å². The van der Waals surface area contributed by atoms with Crippen molar-refractivity contribution in [2.45, 2.75) is 51.7 Å². The van der Waals surface area contributed by atoms with Crippen LogP contribution in [0, 0.1) is 24.2 Å². The lowest BCUT2D eigenvalue weighted by molar-refractivity contribution is -0.226. The van der Waals surface area contributed by atoms with E-state index in [4.69, 9.17) is 9.47 Å². The Balaban J connectivity index is 1.58. The maximum absolute atomic E-state index is 6.19. The molecule has 5 rings (SSSR count). The highest BCUT2D eigenvalue weighted by molar-refractivity contribution is 5.73. The van der Waals surface area contributed by atoms with Crippen LogP contribution in [-0.4, -0.2) is 19.0 Å². The van der Waals surface area contributed by atoms with E-state index in [0.29, 0.717) is 11.8 Å². The highest BCUT2D eigenvalue weighted by Crippen LogP contribution is 2.64. The van der Waals surface area contributed by atoms with Crippen molar-refractivity contribution in [3.8, 4) is 0 Å². The Bertz CT molecular complexity index is 683. The molecule has 1 aliphatic heterocycles. The first kappa shape index (κ1) is 14.2. The van der Waals surface area contributed by atoms with Gasteiger partial charge in [0.2, 0.25) is 0 Å². The summed E-state index contributed by atoms with van der Waals surface area (Å²) in [5, 5.41) is 0. The van der Waals surface area contributed by atoms with Gasteiger partial charge in [-0.1, -0.05) is 36.8 Å². The van der Waals surface area contributed by atoms with Crippen molar-refractivity contribution in [2.24, 2.45) is 17.3 Å². The van der Waals surface area contributed by atoms with Crippen LogP contribution in [0.4, 0.5) is 0 Å². The fourth-order valence-electron chi connectivity index (χ4n) is 5.99. The lowest BCUT2D eigenvalue weighted by atomic mass is 9.59. The second-order valence-electron chi connectivity index (χ2n) is 8.18. The molecule has 0 amide bonds. The summed E-state index contributed by atoms with van der Waals surface area (Å²) in [5.41, 5.74) is 6.22. The quantitative estimate of drug-likeness (QED) is 0.702. The minimum atomic E-state index is -0.298. The Morgan fingerprint density at radius 2 is 1.96 bits per heavy atom. The molecule has 1 saturated carbocycles. The third-order valence-electron chi connectivity index (χ3n) is 7.15. The van der Waals surface area contributed by atoms with Crippen molar-refractivity contribution in [3.05, 3.63) is 41.0 Å². The van der Waals surface area contributed by atoms with Crippen LogP contribution in [0.5, 0.6) is 0 Å². The number of ether oxygens (including phenoxy) is 2. The molecule has 0 unspecified atom stereocenters. The fourth-order valence-corrected chi connectivity index (χ4v) is 5.99. The third-order valence-corrected chi connectivity index (χ3v) is 7.15. The highest BCUT2D eigenvalue weighted by atomic mass is 16.7. The van der Waals surface area contributed by atoms with Gasteiger partial charge in [-0.25, -0.2) is 0 Å². The van der Waals surface area contributed by atoms with Gasteiger partial charge in [0.1, 0.15) is 0 Å².